The van der Waals surface area contributed by atoms with Crippen LogP contribution in [0.25, 0.3) is 0 Å². The molecule has 0 aromatic heterocycles. The Hall–Kier alpha value is -2.02. The third-order valence-electron chi connectivity index (χ3n) is 3.88. The number of benzene rings is 2. The van der Waals surface area contributed by atoms with Crippen molar-refractivity contribution in [3.05, 3.63) is 71.9 Å². The number of hydrogen-bond donors (Lipinski definition) is 0. The zero-order valence-electron chi connectivity index (χ0n) is 12.0. The summed E-state index contributed by atoms with van der Waals surface area (Å²) in [6.07, 6.45) is 7.09. The Morgan fingerprint density at radius 1 is 0.950 bits per heavy atom. The van der Waals surface area contributed by atoms with Crippen molar-refractivity contribution >= 4 is 11.4 Å². The van der Waals surface area contributed by atoms with E-state index in [0.29, 0.717) is 0 Å². The first kappa shape index (κ1) is 13.0. The maximum Gasteiger partial charge on any atom is 0.0493 e. The van der Waals surface area contributed by atoms with Crippen LogP contribution in [0.15, 0.2) is 66.4 Å². The summed E-state index contributed by atoms with van der Waals surface area (Å²) in [5.41, 5.74) is 5.46. The van der Waals surface area contributed by atoms with Gasteiger partial charge < -0.3 is 4.90 Å². The summed E-state index contributed by atoms with van der Waals surface area (Å²) in [6.45, 7) is 2.25. The van der Waals surface area contributed by atoms with Gasteiger partial charge in [-0.3, -0.25) is 0 Å². The molecule has 1 heteroatoms. The van der Waals surface area contributed by atoms with Crippen LogP contribution in [-0.2, 0) is 6.42 Å². The van der Waals surface area contributed by atoms with Crippen LogP contribution in [0.5, 0.6) is 0 Å². The van der Waals surface area contributed by atoms with Gasteiger partial charge in [0.15, 0.2) is 0 Å². The van der Waals surface area contributed by atoms with Crippen molar-refractivity contribution in [1.29, 1.82) is 0 Å². The van der Waals surface area contributed by atoms with Crippen LogP contribution in [0.2, 0.25) is 0 Å². The third-order valence-corrected chi connectivity index (χ3v) is 3.88. The Labute approximate surface area is 121 Å². The van der Waals surface area contributed by atoms with Gasteiger partial charge >= 0.3 is 0 Å². The number of anilines is 2. The van der Waals surface area contributed by atoms with E-state index in [1.807, 2.05) is 0 Å². The summed E-state index contributed by atoms with van der Waals surface area (Å²) in [4.78, 5) is 2.43. The topological polar surface area (TPSA) is 3.24 Å². The van der Waals surface area contributed by atoms with Gasteiger partial charge in [0.1, 0.15) is 0 Å². The first-order valence-electron chi connectivity index (χ1n) is 7.52. The molecule has 0 fully saturated rings. The predicted molar refractivity (Wildman–Crippen MR) is 86.3 cm³/mol. The molecular formula is C19H21N. The Morgan fingerprint density at radius 2 is 1.70 bits per heavy atom. The lowest BCUT2D eigenvalue weighted by Gasteiger charge is -2.33. The quantitative estimate of drug-likeness (QED) is 0.708. The molecule has 1 aliphatic heterocycles. The fraction of sp³-hybridized carbons (Fsp3) is 0.263. The first-order chi connectivity index (χ1) is 9.90. The van der Waals surface area contributed by atoms with Crippen molar-refractivity contribution in [3.8, 4) is 0 Å². The van der Waals surface area contributed by atoms with Crippen molar-refractivity contribution in [2.75, 3.05) is 4.90 Å². The highest BCUT2D eigenvalue weighted by Gasteiger charge is 2.20. The van der Waals surface area contributed by atoms with Crippen molar-refractivity contribution in [2.24, 2.45) is 0 Å². The highest BCUT2D eigenvalue weighted by molar-refractivity contribution is 5.73. The average molecular weight is 263 g/mol. The monoisotopic (exact) mass is 263 g/mol. The fourth-order valence-corrected chi connectivity index (χ4v) is 2.83. The first-order valence-corrected chi connectivity index (χ1v) is 7.52. The Bertz CT molecular complexity index is 598. The number of hydrogen-bond acceptors (Lipinski definition) is 1. The predicted octanol–water partition coefficient (Wildman–Crippen LogP) is 5.45. The van der Waals surface area contributed by atoms with Gasteiger partial charge in [-0.2, -0.15) is 0 Å². The minimum Gasteiger partial charge on any atom is -0.314 e. The number of allylic oxidation sites excluding steroid dienone is 2. The highest BCUT2D eigenvalue weighted by atomic mass is 15.2. The van der Waals surface area contributed by atoms with Gasteiger partial charge in [-0.1, -0.05) is 55.8 Å². The van der Waals surface area contributed by atoms with Gasteiger partial charge in [0.2, 0.25) is 0 Å². The Kier molecular flexibility index (Phi) is 3.87. The van der Waals surface area contributed by atoms with E-state index in [-0.39, 0.29) is 0 Å². The lowest BCUT2D eigenvalue weighted by atomic mass is 9.99. The summed E-state index contributed by atoms with van der Waals surface area (Å²) in [7, 11) is 0. The fourth-order valence-electron chi connectivity index (χ4n) is 2.83. The van der Waals surface area contributed by atoms with Gasteiger partial charge in [-0.05, 0) is 43.0 Å². The van der Waals surface area contributed by atoms with E-state index < -0.39 is 0 Å². The minimum atomic E-state index is 1.05. The van der Waals surface area contributed by atoms with Crippen LogP contribution in [0.3, 0.4) is 0 Å². The number of para-hydroxylation sites is 2. The summed E-state index contributed by atoms with van der Waals surface area (Å²) < 4.78 is 0. The molecule has 0 radical (unpaired) electrons. The van der Waals surface area contributed by atoms with Crippen LogP contribution < -0.4 is 4.90 Å². The zero-order chi connectivity index (χ0) is 13.8. The maximum absolute atomic E-state index is 2.43. The molecule has 2 aromatic carbocycles. The van der Waals surface area contributed by atoms with Crippen LogP contribution in [0, 0.1) is 0 Å². The number of nitrogens with zero attached hydrogens (tertiary/aromatic N) is 1. The smallest absolute Gasteiger partial charge is 0.0493 e. The van der Waals surface area contributed by atoms with Crippen LogP contribution in [0.1, 0.15) is 31.7 Å². The molecule has 0 atom stereocenters. The van der Waals surface area contributed by atoms with Gasteiger partial charge in [-0.25, -0.2) is 0 Å². The van der Waals surface area contributed by atoms with Gasteiger partial charge in [-0.15, -0.1) is 0 Å². The zero-order valence-corrected chi connectivity index (χ0v) is 12.0. The van der Waals surface area contributed by atoms with Gasteiger partial charge in [0.25, 0.3) is 0 Å². The van der Waals surface area contributed by atoms with Crippen molar-refractivity contribution in [2.45, 2.75) is 32.6 Å². The highest BCUT2D eigenvalue weighted by Crippen LogP contribution is 2.37. The molecule has 1 heterocycles. The van der Waals surface area contributed by atoms with Crippen LogP contribution in [-0.4, -0.2) is 0 Å². The second-order valence-electron chi connectivity index (χ2n) is 5.30. The van der Waals surface area contributed by atoms with Crippen molar-refractivity contribution in [1.82, 2.24) is 0 Å². The summed E-state index contributed by atoms with van der Waals surface area (Å²) in [5, 5.41) is 0. The molecule has 1 aliphatic rings. The van der Waals surface area contributed by atoms with E-state index in [0.717, 1.165) is 12.8 Å². The summed E-state index contributed by atoms with van der Waals surface area (Å²) in [5.74, 6) is 0. The molecule has 0 aliphatic carbocycles. The standard InChI is InChI=1S/C19H21N/c1-2-3-10-18-15-14-16-9-7-8-13-19(16)20(18)17-11-5-4-6-12-17/h4-9,11-13,15H,2-3,10,14H2,1H3. The lowest BCUT2D eigenvalue weighted by Crippen LogP contribution is -2.21. The number of rotatable bonds is 4. The minimum absolute atomic E-state index is 1.05. The largest absolute Gasteiger partial charge is 0.314 e. The lowest BCUT2D eigenvalue weighted by molar-refractivity contribution is 0.766. The maximum atomic E-state index is 2.43. The van der Waals surface area contributed by atoms with E-state index in [9.17, 15) is 0 Å². The normalized spacial score (nSPS) is 13.8. The third kappa shape index (κ3) is 2.49. The molecule has 0 saturated carbocycles. The molecule has 20 heavy (non-hydrogen) atoms. The molecule has 0 unspecified atom stereocenters. The number of unbranched alkanes of at least 4 members (excludes halogenated alkanes) is 1. The molecule has 0 spiro atoms. The second-order valence-corrected chi connectivity index (χ2v) is 5.30. The number of fused-ring (bicyclic) bond motifs is 1. The van der Waals surface area contributed by atoms with Gasteiger partial charge in [0, 0.05) is 17.1 Å². The van der Waals surface area contributed by atoms with Gasteiger partial charge in [0.05, 0.1) is 0 Å². The SMILES string of the molecule is CCCCC1=CCc2ccccc2N1c1ccccc1. The molecule has 2 aromatic rings. The molecule has 0 amide bonds. The van der Waals surface area contributed by atoms with E-state index in [1.165, 1.54) is 35.5 Å². The second kappa shape index (κ2) is 5.96. The average Bonchev–Trinajstić information content (AvgIpc) is 2.53. The summed E-state index contributed by atoms with van der Waals surface area (Å²) >= 11 is 0. The summed E-state index contributed by atoms with van der Waals surface area (Å²) in [6, 6.07) is 19.4. The molecular weight excluding hydrogens is 242 g/mol. The molecule has 102 valence electrons. The Balaban J connectivity index is 2.03. The molecule has 0 bridgehead atoms. The van der Waals surface area contributed by atoms with E-state index >= 15 is 0 Å². The van der Waals surface area contributed by atoms with E-state index in [1.54, 1.807) is 0 Å². The van der Waals surface area contributed by atoms with Crippen LogP contribution >= 0.6 is 0 Å². The van der Waals surface area contributed by atoms with Crippen molar-refractivity contribution in [3.63, 3.8) is 0 Å². The molecule has 1 nitrogen and oxygen atoms in total. The molecule has 3 rings (SSSR count). The van der Waals surface area contributed by atoms with E-state index in [4.69, 9.17) is 0 Å². The van der Waals surface area contributed by atoms with Crippen molar-refractivity contribution < 1.29 is 0 Å². The molecule has 0 N–H and O–H groups in total. The molecule has 0 saturated heterocycles. The van der Waals surface area contributed by atoms with Crippen LogP contribution in [0.4, 0.5) is 11.4 Å². The Morgan fingerprint density at radius 3 is 2.50 bits per heavy atom. The van der Waals surface area contributed by atoms with E-state index in [2.05, 4.69) is 72.5 Å².